The molecule has 1 atom stereocenters. The number of hydrogen-bond donors (Lipinski definition) is 1. The molecule has 1 fully saturated rings. The molecule has 0 unspecified atom stereocenters. The third-order valence-electron chi connectivity index (χ3n) is 4.74. The highest BCUT2D eigenvalue weighted by atomic mass is 32.2. The van der Waals surface area contributed by atoms with Crippen molar-refractivity contribution in [3.05, 3.63) is 29.8 Å². The highest BCUT2D eigenvalue weighted by molar-refractivity contribution is 7.99. The summed E-state index contributed by atoms with van der Waals surface area (Å²) in [6.45, 7) is 5.28. The number of carbonyl (C=O) groups excluding carboxylic acids is 1. The molecule has 2 aliphatic rings. The molecule has 2 amide bonds. The van der Waals surface area contributed by atoms with E-state index in [0.29, 0.717) is 0 Å². The summed E-state index contributed by atoms with van der Waals surface area (Å²) in [5, 5.41) is 3.26. The van der Waals surface area contributed by atoms with Crippen molar-refractivity contribution >= 4 is 17.8 Å². The van der Waals surface area contributed by atoms with Crippen LogP contribution in [0.1, 0.15) is 24.4 Å². The van der Waals surface area contributed by atoms with Gasteiger partial charge >= 0.3 is 6.03 Å². The summed E-state index contributed by atoms with van der Waals surface area (Å²) in [5.41, 5.74) is 1.26. The first-order valence-corrected chi connectivity index (χ1v) is 9.75. The lowest BCUT2D eigenvalue weighted by molar-refractivity contribution is 0.149. The number of fused-ring (bicyclic) bond motifs is 1. The van der Waals surface area contributed by atoms with Crippen LogP contribution in [0.15, 0.2) is 29.2 Å². The average Bonchev–Trinajstić information content (AvgIpc) is 2.86. The van der Waals surface area contributed by atoms with Crippen molar-refractivity contribution < 1.29 is 9.53 Å². The smallest absolute Gasteiger partial charge is 0.317 e. The zero-order chi connectivity index (χ0) is 16.8. The Labute approximate surface area is 148 Å². The van der Waals surface area contributed by atoms with Crippen molar-refractivity contribution in [2.75, 3.05) is 52.2 Å². The largest absolute Gasteiger partial charge is 0.383 e. The van der Waals surface area contributed by atoms with Crippen LogP contribution in [0.3, 0.4) is 0 Å². The first kappa shape index (κ1) is 17.6. The molecular formula is C18H27N3O2S. The first-order valence-electron chi connectivity index (χ1n) is 8.76. The van der Waals surface area contributed by atoms with Gasteiger partial charge in [-0.1, -0.05) is 18.2 Å². The van der Waals surface area contributed by atoms with E-state index >= 15 is 0 Å². The van der Waals surface area contributed by atoms with Crippen molar-refractivity contribution in [3.8, 4) is 0 Å². The highest BCUT2D eigenvalue weighted by Gasteiger charge is 2.25. The van der Waals surface area contributed by atoms with Crippen LogP contribution in [-0.4, -0.2) is 68.0 Å². The van der Waals surface area contributed by atoms with Crippen LogP contribution < -0.4 is 5.32 Å². The predicted octanol–water partition coefficient (Wildman–Crippen LogP) is 2.59. The number of benzene rings is 1. The van der Waals surface area contributed by atoms with E-state index in [1.807, 2.05) is 16.7 Å². The van der Waals surface area contributed by atoms with Crippen LogP contribution >= 0.6 is 11.8 Å². The van der Waals surface area contributed by atoms with Gasteiger partial charge in [-0.15, -0.1) is 11.8 Å². The van der Waals surface area contributed by atoms with Crippen molar-refractivity contribution in [2.45, 2.75) is 23.8 Å². The number of ether oxygens (including phenoxy) is 1. The summed E-state index contributed by atoms with van der Waals surface area (Å²) in [6.07, 6.45) is 2.02. The number of urea groups is 1. The summed E-state index contributed by atoms with van der Waals surface area (Å²) in [5.74, 6) is 1.06. The van der Waals surface area contributed by atoms with Gasteiger partial charge in [-0.05, 0) is 31.0 Å². The van der Waals surface area contributed by atoms with Gasteiger partial charge in [0.15, 0.2) is 0 Å². The van der Waals surface area contributed by atoms with Gasteiger partial charge in [0.05, 0.1) is 12.6 Å². The average molecular weight is 350 g/mol. The Morgan fingerprint density at radius 2 is 2.17 bits per heavy atom. The zero-order valence-electron chi connectivity index (χ0n) is 14.4. The summed E-state index contributed by atoms with van der Waals surface area (Å²) in [6, 6.07) is 8.64. The molecule has 6 heteroatoms. The topological polar surface area (TPSA) is 44.8 Å². The number of methoxy groups -OCH3 is 1. The van der Waals surface area contributed by atoms with Gasteiger partial charge in [-0.2, -0.15) is 0 Å². The van der Waals surface area contributed by atoms with E-state index in [2.05, 4.69) is 34.5 Å². The summed E-state index contributed by atoms with van der Waals surface area (Å²) in [4.78, 5) is 18.4. The van der Waals surface area contributed by atoms with Crippen LogP contribution in [0.2, 0.25) is 0 Å². The fourth-order valence-electron chi connectivity index (χ4n) is 3.35. The normalized spacial score (nSPS) is 21.9. The second-order valence-corrected chi connectivity index (χ2v) is 7.49. The molecule has 1 N–H and O–H groups in total. The lowest BCUT2D eigenvalue weighted by atomic mass is 10.0. The Morgan fingerprint density at radius 3 is 3.04 bits per heavy atom. The molecular weight excluding hydrogens is 322 g/mol. The number of thioether (sulfide) groups is 1. The third-order valence-corrected chi connectivity index (χ3v) is 5.87. The number of nitrogens with one attached hydrogen (secondary N) is 1. The second-order valence-electron chi connectivity index (χ2n) is 6.35. The first-order chi connectivity index (χ1) is 11.8. The van der Waals surface area contributed by atoms with E-state index in [9.17, 15) is 4.79 Å². The van der Waals surface area contributed by atoms with Crippen molar-refractivity contribution in [1.29, 1.82) is 0 Å². The van der Waals surface area contributed by atoms with E-state index < -0.39 is 0 Å². The van der Waals surface area contributed by atoms with E-state index in [1.165, 1.54) is 10.5 Å². The van der Waals surface area contributed by atoms with Crippen molar-refractivity contribution in [3.63, 3.8) is 0 Å². The molecule has 0 saturated carbocycles. The van der Waals surface area contributed by atoms with E-state index in [1.54, 1.807) is 7.11 Å². The van der Waals surface area contributed by atoms with Gasteiger partial charge in [0.1, 0.15) is 0 Å². The molecule has 1 aromatic rings. The standard InChI is InChI=1S/C18H27N3O2S/c1-23-13-12-20-8-4-9-21(11-10-20)18(22)19-16-7-14-24-17-6-3-2-5-15(16)17/h2-3,5-6,16H,4,7-14H2,1H3,(H,19,22)/t16-/m0/s1. The molecule has 2 aliphatic heterocycles. The van der Waals surface area contributed by atoms with Crippen molar-refractivity contribution in [1.82, 2.24) is 15.1 Å². The molecule has 1 aromatic carbocycles. The maximum atomic E-state index is 12.7. The number of rotatable bonds is 4. The fraction of sp³-hybridized carbons (Fsp3) is 0.611. The molecule has 0 aromatic heterocycles. The van der Waals surface area contributed by atoms with Gasteiger partial charge in [0.2, 0.25) is 0 Å². The second kappa shape index (κ2) is 8.74. The highest BCUT2D eigenvalue weighted by Crippen LogP contribution is 2.35. The monoisotopic (exact) mass is 349 g/mol. The predicted molar refractivity (Wildman–Crippen MR) is 97.6 cm³/mol. The lowest BCUT2D eigenvalue weighted by Crippen LogP contribution is -2.44. The lowest BCUT2D eigenvalue weighted by Gasteiger charge is -2.29. The van der Waals surface area contributed by atoms with Crippen LogP contribution in [0.25, 0.3) is 0 Å². The minimum atomic E-state index is 0.0790. The molecule has 24 heavy (non-hydrogen) atoms. The van der Waals surface area contributed by atoms with Gasteiger partial charge in [0, 0.05) is 43.9 Å². The maximum absolute atomic E-state index is 12.7. The van der Waals surface area contributed by atoms with Crippen LogP contribution in [-0.2, 0) is 4.74 Å². The number of amides is 2. The molecule has 0 spiro atoms. The molecule has 1 saturated heterocycles. The molecule has 0 bridgehead atoms. The van der Waals surface area contributed by atoms with Crippen molar-refractivity contribution in [2.24, 2.45) is 0 Å². The zero-order valence-corrected chi connectivity index (χ0v) is 15.2. The molecule has 2 heterocycles. The summed E-state index contributed by atoms with van der Waals surface area (Å²) >= 11 is 1.88. The van der Waals surface area contributed by atoms with Gasteiger partial charge in [-0.25, -0.2) is 4.79 Å². The Bertz CT molecular complexity index is 555. The summed E-state index contributed by atoms with van der Waals surface area (Å²) in [7, 11) is 1.73. The van der Waals surface area contributed by atoms with Crippen LogP contribution in [0, 0.1) is 0 Å². The number of nitrogens with zero attached hydrogens (tertiary/aromatic N) is 2. The number of hydrogen-bond acceptors (Lipinski definition) is 4. The van der Waals surface area contributed by atoms with Crippen LogP contribution in [0.4, 0.5) is 4.79 Å². The minimum absolute atomic E-state index is 0.0790. The Kier molecular flexibility index (Phi) is 6.40. The molecule has 132 valence electrons. The Morgan fingerprint density at radius 1 is 1.29 bits per heavy atom. The molecule has 0 radical (unpaired) electrons. The van der Waals surface area contributed by atoms with Gasteiger partial charge in [0.25, 0.3) is 0 Å². The number of carbonyl (C=O) groups is 1. The van der Waals surface area contributed by atoms with Crippen LogP contribution in [0.5, 0.6) is 0 Å². The van der Waals surface area contributed by atoms with E-state index in [0.717, 1.165) is 57.9 Å². The van der Waals surface area contributed by atoms with Gasteiger partial charge < -0.3 is 15.0 Å². The quantitative estimate of drug-likeness (QED) is 0.907. The third kappa shape index (κ3) is 4.43. The van der Waals surface area contributed by atoms with Gasteiger partial charge in [-0.3, -0.25) is 4.90 Å². The Hall–Kier alpha value is -1.24. The molecule has 3 rings (SSSR count). The van der Waals surface area contributed by atoms with E-state index in [-0.39, 0.29) is 12.1 Å². The summed E-state index contributed by atoms with van der Waals surface area (Å²) < 4.78 is 5.16. The fourth-order valence-corrected chi connectivity index (χ4v) is 4.48. The SMILES string of the molecule is COCCN1CCCN(C(=O)N[C@H]2CCSc3ccccc32)CC1. The maximum Gasteiger partial charge on any atom is 0.317 e. The minimum Gasteiger partial charge on any atom is -0.383 e. The molecule has 0 aliphatic carbocycles. The molecule has 5 nitrogen and oxygen atoms in total. The Balaban J connectivity index is 1.56. The van der Waals surface area contributed by atoms with E-state index in [4.69, 9.17) is 4.74 Å².